The van der Waals surface area contributed by atoms with Crippen LogP contribution in [0.1, 0.15) is 17.1 Å². The fourth-order valence-electron chi connectivity index (χ4n) is 1.92. The fourth-order valence-corrected chi connectivity index (χ4v) is 1.92. The Morgan fingerprint density at radius 2 is 2.12 bits per heavy atom. The average Bonchev–Trinajstić information content (AvgIpc) is 2.60. The summed E-state index contributed by atoms with van der Waals surface area (Å²) in [5.41, 5.74) is 3.09. The van der Waals surface area contributed by atoms with Crippen molar-refractivity contribution in [1.82, 2.24) is 19.3 Å². The van der Waals surface area contributed by atoms with Crippen molar-refractivity contribution in [3.8, 4) is 0 Å². The van der Waals surface area contributed by atoms with Crippen LogP contribution in [0.5, 0.6) is 0 Å². The molecule has 2 heterocycles. The Bertz CT molecular complexity index is 520. The van der Waals surface area contributed by atoms with Crippen LogP contribution in [-0.2, 0) is 6.54 Å². The number of hydrogen-bond acceptors (Lipinski definition) is 4. The molecule has 0 radical (unpaired) electrons. The molecule has 0 saturated carbocycles. The van der Waals surface area contributed by atoms with Gasteiger partial charge in [-0.3, -0.25) is 9.30 Å². The van der Waals surface area contributed by atoms with Crippen LogP contribution in [0.4, 0.5) is 0 Å². The minimum absolute atomic E-state index is 0.167. The first-order valence-corrected chi connectivity index (χ1v) is 5.72. The molecule has 0 aliphatic carbocycles. The van der Waals surface area contributed by atoms with Gasteiger partial charge in [0.1, 0.15) is 0 Å². The number of likely N-dealkylation sites (N-methyl/N-ethyl adjacent to an activating group) is 1. The number of nitrogens with zero attached hydrogens (tertiary/aromatic N) is 4. The van der Waals surface area contributed by atoms with Crippen molar-refractivity contribution in [2.75, 3.05) is 20.2 Å². The molecule has 1 N–H and O–H groups in total. The first kappa shape index (κ1) is 12.0. The quantitative estimate of drug-likeness (QED) is 0.849. The van der Waals surface area contributed by atoms with E-state index in [0.717, 1.165) is 29.4 Å². The van der Waals surface area contributed by atoms with Crippen LogP contribution < -0.4 is 0 Å². The van der Waals surface area contributed by atoms with Gasteiger partial charge >= 0.3 is 0 Å². The second kappa shape index (κ2) is 4.81. The molecule has 17 heavy (non-hydrogen) atoms. The molecule has 0 amide bonds. The highest BCUT2D eigenvalue weighted by Crippen LogP contribution is 2.09. The molecule has 2 aromatic heterocycles. The largest absolute Gasteiger partial charge is 0.395 e. The maximum Gasteiger partial charge on any atom is 0.234 e. The van der Waals surface area contributed by atoms with Crippen molar-refractivity contribution in [1.29, 1.82) is 0 Å². The normalized spacial score (nSPS) is 11.6. The van der Waals surface area contributed by atoms with Gasteiger partial charge in [0.05, 0.1) is 12.3 Å². The molecule has 0 spiro atoms. The predicted molar refractivity (Wildman–Crippen MR) is 65.9 cm³/mol. The van der Waals surface area contributed by atoms with Crippen LogP contribution in [0.3, 0.4) is 0 Å². The second-order valence-electron chi connectivity index (χ2n) is 4.40. The van der Waals surface area contributed by atoms with Crippen LogP contribution in [0.2, 0.25) is 0 Å². The van der Waals surface area contributed by atoms with Gasteiger partial charge in [0.2, 0.25) is 5.78 Å². The number of aryl methyl sites for hydroxylation is 2. The number of aliphatic hydroxyl groups excluding tert-OH is 1. The van der Waals surface area contributed by atoms with Crippen molar-refractivity contribution in [3.05, 3.63) is 29.3 Å². The van der Waals surface area contributed by atoms with Gasteiger partial charge in [-0.15, -0.1) is 0 Å². The van der Waals surface area contributed by atoms with Crippen LogP contribution in [0.25, 0.3) is 5.78 Å². The Labute approximate surface area is 101 Å². The monoisotopic (exact) mass is 234 g/mol. The lowest BCUT2D eigenvalue weighted by atomic mass is 10.3. The Morgan fingerprint density at radius 1 is 1.35 bits per heavy atom. The molecule has 5 nitrogen and oxygen atoms in total. The van der Waals surface area contributed by atoms with E-state index < -0.39 is 0 Å². The average molecular weight is 234 g/mol. The summed E-state index contributed by atoms with van der Waals surface area (Å²) in [6.07, 6.45) is 2.00. The Morgan fingerprint density at radius 3 is 2.82 bits per heavy atom. The predicted octanol–water partition coefficient (Wildman–Crippen LogP) is 0.770. The summed E-state index contributed by atoms with van der Waals surface area (Å²) in [4.78, 5) is 10.9. The molecule has 0 aliphatic heterocycles. The van der Waals surface area contributed by atoms with Gasteiger partial charge in [0.15, 0.2) is 0 Å². The number of fused-ring (bicyclic) bond motifs is 1. The SMILES string of the molecule is Cc1cc(C)n2cc(CN(C)CCO)nc2n1. The van der Waals surface area contributed by atoms with Gasteiger partial charge in [-0.25, -0.2) is 9.97 Å². The highest BCUT2D eigenvalue weighted by Gasteiger charge is 2.07. The smallest absolute Gasteiger partial charge is 0.234 e. The molecule has 2 aromatic rings. The van der Waals surface area contributed by atoms with E-state index in [9.17, 15) is 0 Å². The van der Waals surface area contributed by atoms with Crippen LogP contribution in [0, 0.1) is 13.8 Å². The van der Waals surface area contributed by atoms with Crippen LogP contribution in [0.15, 0.2) is 12.3 Å². The molecule has 0 unspecified atom stereocenters. The number of rotatable bonds is 4. The lowest BCUT2D eigenvalue weighted by molar-refractivity contribution is 0.216. The molecule has 0 saturated heterocycles. The zero-order valence-electron chi connectivity index (χ0n) is 10.5. The van der Waals surface area contributed by atoms with E-state index >= 15 is 0 Å². The molecule has 5 heteroatoms. The summed E-state index contributed by atoms with van der Waals surface area (Å²) in [6.45, 7) is 5.56. The highest BCUT2D eigenvalue weighted by molar-refractivity contribution is 5.34. The van der Waals surface area contributed by atoms with Crippen molar-refractivity contribution in [3.63, 3.8) is 0 Å². The summed E-state index contributed by atoms with van der Waals surface area (Å²) in [7, 11) is 1.96. The zero-order chi connectivity index (χ0) is 12.4. The third-order valence-corrected chi connectivity index (χ3v) is 2.72. The van der Waals surface area contributed by atoms with E-state index in [1.54, 1.807) is 0 Å². The third kappa shape index (κ3) is 2.62. The minimum Gasteiger partial charge on any atom is -0.395 e. The van der Waals surface area contributed by atoms with E-state index in [2.05, 4.69) is 9.97 Å². The van der Waals surface area contributed by atoms with Gasteiger partial charge in [-0.05, 0) is 27.0 Å². The molecule has 0 aromatic carbocycles. The number of hydrogen-bond donors (Lipinski definition) is 1. The van der Waals surface area contributed by atoms with Crippen molar-refractivity contribution >= 4 is 5.78 Å². The van der Waals surface area contributed by atoms with E-state index in [4.69, 9.17) is 5.11 Å². The standard InChI is InChI=1S/C12H18N4O/c1-9-6-10(2)16-8-11(14-12(16)13-9)7-15(3)4-5-17/h6,8,17H,4-5,7H2,1-3H3. The summed E-state index contributed by atoms with van der Waals surface area (Å²) in [6, 6.07) is 2.04. The molecule has 92 valence electrons. The summed E-state index contributed by atoms with van der Waals surface area (Å²) < 4.78 is 2.00. The summed E-state index contributed by atoms with van der Waals surface area (Å²) in [5, 5.41) is 8.86. The molecule has 0 bridgehead atoms. The zero-order valence-corrected chi connectivity index (χ0v) is 10.5. The first-order chi connectivity index (χ1) is 8.10. The summed E-state index contributed by atoms with van der Waals surface area (Å²) >= 11 is 0. The van der Waals surface area contributed by atoms with E-state index in [1.807, 2.05) is 42.5 Å². The van der Waals surface area contributed by atoms with E-state index in [0.29, 0.717) is 6.54 Å². The van der Waals surface area contributed by atoms with Gasteiger partial charge in [0, 0.05) is 30.7 Å². The van der Waals surface area contributed by atoms with Gasteiger partial charge in [-0.2, -0.15) is 0 Å². The minimum atomic E-state index is 0.167. The number of aromatic nitrogens is 3. The molecule has 0 fully saturated rings. The number of aliphatic hydroxyl groups is 1. The molecular formula is C12H18N4O. The van der Waals surface area contributed by atoms with E-state index in [1.165, 1.54) is 0 Å². The Kier molecular flexibility index (Phi) is 3.40. The molecule has 0 atom stereocenters. The Balaban J connectivity index is 2.28. The van der Waals surface area contributed by atoms with Crippen molar-refractivity contribution in [2.24, 2.45) is 0 Å². The van der Waals surface area contributed by atoms with Crippen molar-refractivity contribution < 1.29 is 5.11 Å². The van der Waals surface area contributed by atoms with Gasteiger partial charge < -0.3 is 5.11 Å². The number of imidazole rings is 1. The van der Waals surface area contributed by atoms with Crippen LogP contribution in [-0.4, -0.2) is 44.6 Å². The second-order valence-corrected chi connectivity index (χ2v) is 4.40. The lowest BCUT2D eigenvalue weighted by Crippen LogP contribution is -2.21. The maximum absolute atomic E-state index is 8.86. The lowest BCUT2D eigenvalue weighted by Gasteiger charge is -2.12. The molecule has 2 rings (SSSR count). The molecule has 0 aliphatic rings. The topological polar surface area (TPSA) is 53.7 Å². The molecular weight excluding hydrogens is 216 g/mol. The first-order valence-electron chi connectivity index (χ1n) is 5.72. The van der Waals surface area contributed by atoms with E-state index in [-0.39, 0.29) is 6.61 Å². The Hall–Kier alpha value is -1.46. The maximum atomic E-state index is 8.86. The third-order valence-electron chi connectivity index (χ3n) is 2.72. The summed E-state index contributed by atoms with van der Waals surface area (Å²) in [5.74, 6) is 0.745. The highest BCUT2D eigenvalue weighted by atomic mass is 16.3. The van der Waals surface area contributed by atoms with Gasteiger partial charge in [0.25, 0.3) is 0 Å². The fraction of sp³-hybridized carbons (Fsp3) is 0.500. The van der Waals surface area contributed by atoms with Crippen LogP contribution >= 0.6 is 0 Å². The van der Waals surface area contributed by atoms with Gasteiger partial charge in [-0.1, -0.05) is 0 Å². The van der Waals surface area contributed by atoms with Crippen molar-refractivity contribution in [2.45, 2.75) is 20.4 Å².